The lowest BCUT2D eigenvalue weighted by Gasteiger charge is -2.12. The van der Waals surface area contributed by atoms with E-state index < -0.39 is 81.7 Å². The van der Waals surface area contributed by atoms with Gasteiger partial charge in [0.05, 0.1) is 49.1 Å². The van der Waals surface area contributed by atoms with Gasteiger partial charge in [-0.15, -0.1) is 0 Å². The normalized spacial score (nSPS) is 14.1. The molecule has 0 saturated heterocycles. The highest BCUT2D eigenvalue weighted by Crippen LogP contribution is 2.42. The fourth-order valence-corrected chi connectivity index (χ4v) is 10.1. The Bertz CT molecular complexity index is 2560. The van der Waals surface area contributed by atoms with Gasteiger partial charge in [-0.1, -0.05) is 23.5 Å². The number of nitrogens with one attached hydrogen (secondary N) is 2. The van der Waals surface area contributed by atoms with Crippen LogP contribution in [-0.2, 0) is 19.7 Å². The van der Waals surface area contributed by atoms with E-state index in [4.69, 9.17) is 0 Å². The van der Waals surface area contributed by atoms with Crippen LogP contribution in [0.2, 0.25) is 0 Å². The lowest BCUT2D eigenvalue weighted by atomic mass is 10.2. The molecule has 0 radical (unpaired) electrons. The van der Waals surface area contributed by atoms with Gasteiger partial charge in [0.1, 0.15) is 11.4 Å². The molecule has 0 spiro atoms. The maximum atomic E-state index is 13.7. The van der Waals surface area contributed by atoms with Crippen molar-refractivity contribution >= 4 is 88.7 Å². The van der Waals surface area contributed by atoms with Gasteiger partial charge in [-0.2, -0.15) is 0 Å². The lowest BCUT2D eigenvalue weighted by molar-refractivity contribution is -0.388. The van der Waals surface area contributed by atoms with Crippen LogP contribution in [0.5, 0.6) is 0 Å². The van der Waals surface area contributed by atoms with Crippen molar-refractivity contribution in [1.82, 2.24) is 0 Å². The number of nitro groups is 4. The Balaban J connectivity index is 1.35. The number of benzene rings is 6. The molecular formula is C36H22N6O12S4. The van der Waals surface area contributed by atoms with E-state index in [1.54, 1.807) is 0 Å². The Kier molecular flexibility index (Phi) is 10.3. The van der Waals surface area contributed by atoms with Crippen molar-refractivity contribution in [3.05, 3.63) is 162 Å². The Labute approximate surface area is 335 Å². The zero-order chi connectivity index (χ0) is 41.5. The number of nitrogens with zero attached hydrogens (tertiary/aromatic N) is 4. The second-order valence-electron chi connectivity index (χ2n) is 12.2. The third kappa shape index (κ3) is 7.75. The number of nitro benzene ring substituents is 4. The summed E-state index contributed by atoms with van der Waals surface area (Å²) in [5.74, 6) is 0. The molecule has 0 fully saturated rings. The van der Waals surface area contributed by atoms with E-state index in [1.165, 1.54) is 72.8 Å². The number of rotatable bonds is 4. The highest BCUT2D eigenvalue weighted by Gasteiger charge is 2.29. The first-order valence-corrected chi connectivity index (χ1v) is 20.8. The first-order chi connectivity index (χ1) is 27.5. The van der Waals surface area contributed by atoms with E-state index in [-0.39, 0.29) is 21.2 Å². The summed E-state index contributed by atoms with van der Waals surface area (Å²) in [6.07, 6.45) is 0. The molecule has 0 amide bonds. The maximum Gasteiger partial charge on any atom is 0.293 e. The summed E-state index contributed by atoms with van der Waals surface area (Å²) < 4.78 is 54.8. The van der Waals surface area contributed by atoms with Crippen LogP contribution < -0.4 is 10.6 Å². The molecule has 22 heteroatoms. The molecule has 0 atom stereocenters. The molecule has 22 rings (SSSR count). The molecule has 18 nitrogen and oxygen atoms in total. The zero-order valence-electron chi connectivity index (χ0n) is 28.9. The molecule has 16 heterocycles. The Morgan fingerprint density at radius 3 is 1.00 bits per heavy atom. The monoisotopic (exact) mass is 858 g/mol. The third-order valence-corrected chi connectivity index (χ3v) is 14.2. The van der Waals surface area contributed by atoms with Crippen LogP contribution in [0.15, 0.2) is 160 Å². The minimum atomic E-state index is -4.53. The first kappa shape index (κ1) is 39.4. The standard InChI is InChI=1S/C36H22N6O12S4/c43-39(44)31-17-25-9-13-29(31)37-21-1-5-23(6-2-21)55-35-15-11-27(19-33(35)41(47)48)58(53,54)28-12-16-36(34(20-28)42(49)50)56-24-7-3-22(4-8-24)38-30-14-10-26(57(25,51)52)18-32(30)40(45)46/h1-20,37-38H. The van der Waals surface area contributed by atoms with Gasteiger partial charge in [-0.25, -0.2) is 16.8 Å². The smallest absolute Gasteiger partial charge is 0.293 e. The highest BCUT2D eigenvalue weighted by atomic mass is 32.2. The number of sulfone groups is 2. The van der Waals surface area contributed by atoms with Crippen LogP contribution in [0.1, 0.15) is 0 Å². The molecule has 12 bridgehead atoms. The topological polar surface area (TPSA) is 265 Å². The molecule has 0 aromatic heterocycles. The van der Waals surface area contributed by atoms with Crippen molar-refractivity contribution in [2.45, 2.75) is 39.2 Å². The van der Waals surface area contributed by atoms with Crippen molar-refractivity contribution in [3.8, 4) is 0 Å². The third-order valence-electron chi connectivity index (χ3n) is 8.55. The van der Waals surface area contributed by atoms with Crippen molar-refractivity contribution < 1.29 is 36.5 Å². The average molecular weight is 859 g/mol. The summed E-state index contributed by atoms with van der Waals surface area (Å²) in [7, 11) is -9.02. The Hall–Kier alpha value is -6.88. The lowest BCUT2D eigenvalue weighted by Crippen LogP contribution is -2.06. The van der Waals surface area contributed by atoms with E-state index in [0.717, 1.165) is 72.1 Å². The quantitative estimate of drug-likeness (QED) is 0.123. The largest absolute Gasteiger partial charge is 0.350 e. The Morgan fingerprint density at radius 1 is 0.397 bits per heavy atom. The van der Waals surface area contributed by atoms with Gasteiger partial charge in [0.25, 0.3) is 22.7 Å². The fraction of sp³-hybridized carbons (Fsp3) is 0. The summed E-state index contributed by atoms with van der Waals surface area (Å²) >= 11 is 1.84. The molecule has 16 aliphatic heterocycles. The van der Waals surface area contributed by atoms with Gasteiger partial charge in [0.2, 0.25) is 19.7 Å². The van der Waals surface area contributed by atoms with Crippen LogP contribution in [0, 0.1) is 40.5 Å². The average Bonchev–Trinajstić information content (AvgIpc) is 3.19. The first-order valence-electron chi connectivity index (χ1n) is 16.2. The van der Waals surface area contributed by atoms with Gasteiger partial charge in [0, 0.05) is 45.4 Å². The SMILES string of the molecule is O=[N+]([O-])c1cc2ccc1Nc1ccc(cc1)Sc1ccc(cc1[N+](=O)[O-])S(=O)(=O)c1ccc(c([N+](=O)[O-])c1)Sc1ccc(cc1)Nc1ccc(cc1[N+](=O)[O-])S2(=O)=O. The van der Waals surface area contributed by atoms with Crippen molar-refractivity contribution in [3.63, 3.8) is 0 Å². The van der Waals surface area contributed by atoms with E-state index in [0.29, 0.717) is 21.2 Å². The summed E-state index contributed by atoms with van der Waals surface area (Å²) in [6.45, 7) is 0. The molecule has 292 valence electrons. The van der Waals surface area contributed by atoms with Crippen LogP contribution in [0.25, 0.3) is 0 Å². The number of hydrogen-bond acceptors (Lipinski definition) is 16. The summed E-state index contributed by atoms with van der Waals surface area (Å²) in [6, 6.07) is 24.8. The zero-order valence-corrected chi connectivity index (χ0v) is 32.1. The number of anilines is 4. The van der Waals surface area contributed by atoms with Gasteiger partial charge in [0.15, 0.2) is 0 Å². The van der Waals surface area contributed by atoms with E-state index in [9.17, 15) is 57.3 Å². The van der Waals surface area contributed by atoms with Gasteiger partial charge < -0.3 is 10.6 Å². The predicted octanol–water partition coefficient (Wildman–Crippen LogP) is 9.09. The molecule has 0 unspecified atom stereocenters. The summed E-state index contributed by atoms with van der Waals surface area (Å²) in [5, 5.41) is 54.2. The molecule has 16 aliphatic rings. The van der Waals surface area contributed by atoms with Crippen molar-refractivity contribution in [2.24, 2.45) is 0 Å². The number of hydrogen-bond donors (Lipinski definition) is 2. The molecule has 6 aromatic carbocycles. The van der Waals surface area contributed by atoms with Crippen LogP contribution >= 0.6 is 23.5 Å². The minimum absolute atomic E-state index is 0.0654. The highest BCUT2D eigenvalue weighted by molar-refractivity contribution is 7.99. The van der Waals surface area contributed by atoms with Crippen molar-refractivity contribution in [1.29, 1.82) is 0 Å². The van der Waals surface area contributed by atoms with E-state index in [1.807, 2.05) is 0 Å². The summed E-state index contributed by atoms with van der Waals surface area (Å²) in [5.41, 5.74) is -1.91. The minimum Gasteiger partial charge on any atom is -0.350 e. The predicted molar refractivity (Wildman–Crippen MR) is 211 cm³/mol. The van der Waals surface area contributed by atoms with Crippen LogP contribution in [0.4, 0.5) is 45.5 Å². The molecule has 0 saturated carbocycles. The van der Waals surface area contributed by atoms with Crippen molar-refractivity contribution in [2.75, 3.05) is 10.6 Å². The van der Waals surface area contributed by atoms with Gasteiger partial charge >= 0.3 is 0 Å². The van der Waals surface area contributed by atoms with Gasteiger partial charge in [-0.3, -0.25) is 40.5 Å². The maximum absolute atomic E-state index is 13.7. The summed E-state index contributed by atoms with van der Waals surface area (Å²) in [4.78, 5) is 44.5. The second-order valence-corrected chi connectivity index (χ2v) is 18.3. The van der Waals surface area contributed by atoms with E-state index in [2.05, 4.69) is 10.6 Å². The molecular weight excluding hydrogens is 837 g/mol. The van der Waals surface area contributed by atoms with Gasteiger partial charge in [-0.05, 0) is 97.1 Å². The van der Waals surface area contributed by atoms with Crippen LogP contribution in [-0.4, -0.2) is 36.5 Å². The molecule has 0 aliphatic carbocycles. The fourth-order valence-electron chi connectivity index (χ4n) is 5.71. The second kappa shape index (κ2) is 15.2. The molecule has 6 aromatic rings. The van der Waals surface area contributed by atoms with Crippen LogP contribution in [0.3, 0.4) is 0 Å². The molecule has 58 heavy (non-hydrogen) atoms. The Morgan fingerprint density at radius 2 is 0.690 bits per heavy atom. The van der Waals surface area contributed by atoms with E-state index >= 15 is 0 Å². The molecule has 2 N–H and O–H groups in total.